The normalized spacial score (nSPS) is 10.9. The molecule has 5 heteroatoms. The maximum absolute atomic E-state index is 5.01. The Morgan fingerprint density at radius 3 is 2.55 bits per heavy atom. The average Bonchev–Trinajstić information content (AvgIpc) is 2.95. The van der Waals surface area contributed by atoms with Crippen molar-refractivity contribution in [3.8, 4) is 11.4 Å². The van der Waals surface area contributed by atoms with Gasteiger partial charge in [-0.05, 0) is 43.8 Å². The Morgan fingerprint density at radius 1 is 1.20 bits per heavy atom. The predicted octanol–water partition coefficient (Wildman–Crippen LogP) is 2.60. The Bertz CT molecular complexity index is 517. The molecule has 2 aromatic heterocycles. The van der Waals surface area contributed by atoms with Crippen molar-refractivity contribution < 1.29 is 4.74 Å². The fourth-order valence-electron chi connectivity index (χ4n) is 2.13. The molecule has 2 aromatic rings. The molecule has 0 amide bonds. The minimum atomic E-state index is 0.742. The van der Waals surface area contributed by atoms with Crippen molar-refractivity contribution in [2.24, 2.45) is 0 Å². The van der Waals surface area contributed by atoms with Crippen molar-refractivity contribution in [2.75, 3.05) is 26.8 Å². The zero-order valence-corrected chi connectivity index (χ0v) is 13.1. The molecule has 0 saturated heterocycles. The number of nitrogens with zero attached hydrogens (tertiary/aromatic N) is 2. The molecule has 0 atom stereocenters. The van der Waals surface area contributed by atoms with Gasteiger partial charge in [-0.3, -0.25) is 0 Å². The molecule has 20 heavy (non-hydrogen) atoms. The molecule has 0 radical (unpaired) electrons. The summed E-state index contributed by atoms with van der Waals surface area (Å²) >= 11 is 1.67. The largest absolute Gasteiger partial charge is 0.383 e. The Balaban J connectivity index is 2.03. The van der Waals surface area contributed by atoms with Gasteiger partial charge in [0.1, 0.15) is 0 Å². The molecule has 0 bridgehead atoms. The van der Waals surface area contributed by atoms with Gasteiger partial charge in [0.05, 0.1) is 6.61 Å². The number of hydrogen-bond donors (Lipinski definition) is 1. The second-order valence-electron chi connectivity index (χ2n) is 4.70. The number of hydrogen-bond acceptors (Lipinski definition) is 5. The number of aromatic nitrogens is 2. The fraction of sp³-hybridized carbons (Fsp3) is 0.467. The lowest BCUT2D eigenvalue weighted by Crippen LogP contribution is -2.22. The first-order valence-electron chi connectivity index (χ1n) is 6.78. The van der Waals surface area contributed by atoms with E-state index < -0.39 is 0 Å². The van der Waals surface area contributed by atoms with E-state index in [-0.39, 0.29) is 0 Å². The van der Waals surface area contributed by atoms with E-state index in [1.807, 2.05) is 0 Å². The first kappa shape index (κ1) is 15.1. The van der Waals surface area contributed by atoms with Gasteiger partial charge in [0, 0.05) is 36.0 Å². The molecule has 0 aliphatic carbocycles. The summed E-state index contributed by atoms with van der Waals surface area (Å²) in [6.45, 7) is 6.67. The van der Waals surface area contributed by atoms with Crippen LogP contribution in [0.4, 0.5) is 0 Å². The van der Waals surface area contributed by atoms with Crippen LogP contribution in [0.25, 0.3) is 11.4 Å². The number of nitrogens with one attached hydrogen (secondary N) is 1. The van der Waals surface area contributed by atoms with Crippen LogP contribution in [0, 0.1) is 13.8 Å². The number of ether oxygens (including phenoxy) is 1. The average molecular weight is 291 g/mol. The molecular formula is C15H21N3OS. The van der Waals surface area contributed by atoms with Crippen molar-refractivity contribution in [2.45, 2.75) is 20.3 Å². The van der Waals surface area contributed by atoms with Gasteiger partial charge in [0.15, 0.2) is 5.82 Å². The summed E-state index contributed by atoms with van der Waals surface area (Å²) in [5, 5.41) is 7.49. The Kier molecular flexibility index (Phi) is 5.64. The molecule has 0 fully saturated rings. The zero-order chi connectivity index (χ0) is 14.4. The lowest BCUT2D eigenvalue weighted by atomic mass is 10.1. The standard InChI is InChI=1S/C15H21N3OS/c1-11-14(4-6-16-7-8-19-3)12(2)18-15(17-11)13-5-9-20-10-13/h5,9-10,16H,4,6-8H2,1-3H3. The van der Waals surface area contributed by atoms with Gasteiger partial charge in [-0.25, -0.2) is 9.97 Å². The molecular weight excluding hydrogens is 270 g/mol. The lowest BCUT2D eigenvalue weighted by Gasteiger charge is -2.11. The Hall–Kier alpha value is -1.30. The van der Waals surface area contributed by atoms with Crippen LogP contribution >= 0.6 is 11.3 Å². The van der Waals surface area contributed by atoms with Crippen LogP contribution in [0.3, 0.4) is 0 Å². The Labute approximate surface area is 124 Å². The van der Waals surface area contributed by atoms with Crippen LogP contribution in [0.5, 0.6) is 0 Å². The van der Waals surface area contributed by atoms with E-state index >= 15 is 0 Å². The molecule has 0 aromatic carbocycles. The molecule has 4 nitrogen and oxygen atoms in total. The summed E-state index contributed by atoms with van der Waals surface area (Å²) < 4.78 is 5.01. The van der Waals surface area contributed by atoms with Gasteiger partial charge in [0.2, 0.25) is 0 Å². The molecule has 0 aliphatic rings. The predicted molar refractivity (Wildman–Crippen MR) is 83.3 cm³/mol. The van der Waals surface area contributed by atoms with E-state index in [0.717, 1.165) is 48.9 Å². The van der Waals surface area contributed by atoms with E-state index in [9.17, 15) is 0 Å². The van der Waals surface area contributed by atoms with Gasteiger partial charge in [0.25, 0.3) is 0 Å². The lowest BCUT2D eigenvalue weighted by molar-refractivity contribution is 0.199. The highest BCUT2D eigenvalue weighted by atomic mass is 32.1. The van der Waals surface area contributed by atoms with Crippen LogP contribution in [0.1, 0.15) is 17.0 Å². The van der Waals surface area contributed by atoms with E-state index in [1.165, 1.54) is 5.56 Å². The van der Waals surface area contributed by atoms with Gasteiger partial charge < -0.3 is 10.1 Å². The summed E-state index contributed by atoms with van der Waals surface area (Å²) in [5.41, 5.74) is 4.50. The molecule has 1 N–H and O–H groups in total. The summed E-state index contributed by atoms with van der Waals surface area (Å²) in [6, 6.07) is 2.06. The van der Waals surface area contributed by atoms with Crippen LogP contribution in [-0.2, 0) is 11.2 Å². The van der Waals surface area contributed by atoms with Gasteiger partial charge >= 0.3 is 0 Å². The molecule has 2 rings (SSSR count). The SMILES string of the molecule is COCCNCCc1c(C)nc(-c2ccsc2)nc1C. The monoisotopic (exact) mass is 291 g/mol. The van der Waals surface area contributed by atoms with E-state index in [4.69, 9.17) is 4.74 Å². The van der Waals surface area contributed by atoms with Crippen molar-refractivity contribution >= 4 is 11.3 Å². The third-order valence-electron chi connectivity index (χ3n) is 3.23. The fourth-order valence-corrected chi connectivity index (χ4v) is 2.77. The van der Waals surface area contributed by atoms with Gasteiger partial charge in [-0.15, -0.1) is 0 Å². The number of aryl methyl sites for hydroxylation is 2. The van der Waals surface area contributed by atoms with E-state index in [1.54, 1.807) is 18.4 Å². The second kappa shape index (κ2) is 7.47. The third kappa shape index (κ3) is 3.85. The number of rotatable bonds is 7. The summed E-state index contributed by atoms with van der Waals surface area (Å²) in [4.78, 5) is 9.27. The van der Waals surface area contributed by atoms with Crippen molar-refractivity contribution in [3.63, 3.8) is 0 Å². The minimum absolute atomic E-state index is 0.742. The zero-order valence-electron chi connectivity index (χ0n) is 12.3. The highest BCUT2D eigenvalue weighted by Crippen LogP contribution is 2.21. The quantitative estimate of drug-likeness (QED) is 0.797. The van der Waals surface area contributed by atoms with E-state index in [0.29, 0.717) is 0 Å². The van der Waals surface area contributed by atoms with Crippen LogP contribution in [0.15, 0.2) is 16.8 Å². The maximum Gasteiger partial charge on any atom is 0.160 e. The molecule has 0 aliphatic heterocycles. The number of methoxy groups -OCH3 is 1. The molecule has 0 saturated carbocycles. The summed E-state index contributed by atoms with van der Waals surface area (Å²) in [7, 11) is 1.72. The minimum Gasteiger partial charge on any atom is -0.383 e. The van der Waals surface area contributed by atoms with E-state index in [2.05, 4.69) is 46.0 Å². The molecule has 2 heterocycles. The maximum atomic E-state index is 5.01. The number of thiophene rings is 1. The van der Waals surface area contributed by atoms with Crippen molar-refractivity contribution in [1.29, 1.82) is 0 Å². The smallest absolute Gasteiger partial charge is 0.160 e. The highest BCUT2D eigenvalue weighted by Gasteiger charge is 2.09. The van der Waals surface area contributed by atoms with Crippen LogP contribution in [0.2, 0.25) is 0 Å². The van der Waals surface area contributed by atoms with Crippen molar-refractivity contribution in [3.05, 3.63) is 33.8 Å². The molecule has 108 valence electrons. The van der Waals surface area contributed by atoms with Crippen LogP contribution in [-0.4, -0.2) is 36.8 Å². The first-order chi connectivity index (χ1) is 9.72. The first-order valence-corrected chi connectivity index (χ1v) is 7.73. The van der Waals surface area contributed by atoms with Crippen molar-refractivity contribution in [1.82, 2.24) is 15.3 Å². The summed E-state index contributed by atoms with van der Waals surface area (Å²) in [5.74, 6) is 0.831. The Morgan fingerprint density at radius 2 is 1.95 bits per heavy atom. The highest BCUT2D eigenvalue weighted by molar-refractivity contribution is 7.08. The third-order valence-corrected chi connectivity index (χ3v) is 3.92. The van der Waals surface area contributed by atoms with Gasteiger partial charge in [-0.1, -0.05) is 0 Å². The molecule has 0 unspecified atom stereocenters. The van der Waals surface area contributed by atoms with Crippen LogP contribution < -0.4 is 5.32 Å². The topological polar surface area (TPSA) is 47.0 Å². The summed E-state index contributed by atoms with van der Waals surface area (Å²) in [6.07, 6.45) is 0.950. The molecule has 0 spiro atoms. The van der Waals surface area contributed by atoms with Gasteiger partial charge in [-0.2, -0.15) is 11.3 Å². The second-order valence-corrected chi connectivity index (χ2v) is 5.48.